The van der Waals surface area contributed by atoms with E-state index in [1.165, 1.54) is 5.56 Å². The van der Waals surface area contributed by atoms with Gasteiger partial charge in [0.1, 0.15) is 5.82 Å². The van der Waals surface area contributed by atoms with Gasteiger partial charge in [0.05, 0.1) is 12.2 Å². The van der Waals surface area contributed by atoms with Crippen LogP contribution in [0, 0.1) is 0 Å². The second-order valence-corrected chi connectivity index (χ2v) is 7.90. The van der Waals surface area contributed by atoms with E-state index in [0.717, 1.165) is 36.6 Å². The Balaban J connectivity index is 1.37. The molecule has 6 heteroatoms. The topological polar surface area (TPSA) is 57.7 Å². The summed E-state index contributed by atoms with van der Waals surface area (Å²) in [6.45, 7) is 8.42. The number of morpholine rings is 1. The minimum absolute atomic E-state index is 0.0580. The van der Waals surface area contributed by atoms with Crippen LogP contribution in [0.15, 0.2) is 42.6 Å². The lowest BCUT2D eigenvalue weighted by Gasteiger charge is -2.36. The van der Waals surface area contributed by atoms with Crippen LogP contribution in [0.25, 0.3) is 0 Å². The molecule has 0 spiro atoms. The number of aromatic nitrogens is 1. The van der Waals surface area contributed by atoms with Gasteiger partial charge in [-0.1, -0.05) is 24.3 Å². The summed E-state index contributed by atoms with van der Waals surface area (Å²) in [6.07, 6.45) is 3.16. The van der Waals surface area contributed by atoms with E-state index in [4.69, 9.17) is 4.74 Å². The van der Waals surface area contributed by atoms with Crippen molar-refractivity contribution in [2.45, 2.75) is 52.0 Å². The molecule has 3 heterocycles. The third-order valence-corrected chi connectivity index (χ3v) is 5.42. The van der Waals surface area contributed by atoms with Crippen LogP contribution < -0.4 is 15.1 Å². The fourth-order valence-electron chi connectivity index (χ4n) is 4.21. The summed E-state index contributed by atoms with van der Waals surface area (Å²) in [4.78, 5) is 21.5. The minimum Gasteiger partial charge on any atom is -0.372 e. The molecule has 0 radical (unpaired) electrons. The Hall–Kier alpha value is -2.60. The average Bonchev–Trinajstić information content (AvgIpc) is 3.01. The van der Waals surface area contributed by atoms with Crippen LogP contribution in [0.2, 0.25) is 0 Å². The molecule has 1 aromatic carbocycles. The van der Waals surface area contributed by atoms with Gasteiger partial charge in [-0.05, 0) is 50.5 Å². The van der Waals surface area contributed by atoms with Crippen molar-refractivity contribution in [2.75, 3.05) is 22.9 Å². The molecule has 148 valence electrons. The van der Waals surface area contributed by atoms with Gasteiger partial charge in [-0.25, -0.2) is 9.78 Å². The molecule has 4 rings (SSSR count). The Morgan fingerprint density at radius 2 is 1.89 bits per heavy atom. The van der Waals surface area contributed by atoms with E-state index in [-0.39, 0.29) is 24.3 Å². The largest absolute Gasteiger partial charge is 0.372 e. The fourth-order valence-corrected chi connectivity index (χ4v) is 4.21. The van der Waals surface area contributed by atoms with Crippen LogP contribution in [0.1, 0.15) is 31.9 Å². The van der Waals surface area contributed by atoms with Gasteiger partial charge in [0, 0.05) is 37.6 Å². The van der Waals surface area contributed by atoms with Crippen LogP contribution in [0.5, 0.6) is 0 Å². The number of hydrogen-bond acceptors (Lipinski definition) is 4. The molecule has 1 saturated heterocycles. The lowest BCUT2D eigenvalue weighted by Crippen LogP contribution is -2.45. The molecular formula is C22H28N4O2. The zero-order valence-electron chi connectivity index (χ0n) is 16.8. The number of para-hydroxylation sites is 1. The Morgan fingerprint density at radius 3 is 2.61 bits per heavy atom. The van der Waals surface area contributed by atoms with Crippen molar-refractivity contribution in [3.05, 3.63) is 53.7 Å². The van der Waals surface area contributed by atoms with Gasteiger partial charge < -0.3 is 15.0 Å². The van der Waals surface area contributed by atoms with Crippen molar-refractivity contribution in [2.24, 2.45) is 0 Å². The molecule has 0 bridgehead atoms. The van der Waals surface area contributed by atoms with E-state index in [2.05, 4.69) is 42.0 Å². The van der Waals surface area contributed by atoms with E-state index in [1.54, 1.807) is 0 Å². The Bertz CT molecular complexity index is 829. The van der Waals surface area contributed by atoms with Crippen LogP contribution in [-0.4, -0.2) is 42.4 Å². The standard InChI is InChI=1S/C22H28N4O2/c1-15-10-19-6-4-5-7-20(19)26(15)22(27)24-12-18-8-9-21(23-11-18)25-13-16(2)28-17(3)14-25/h4-9,11,15-17H,10,12-14H2,1-3H3,(H,24,27). The number of carbonyl (C=O) groups is 1. The predicted molar refractivity (Wildman–Crippen MR) is 111 cm³/mol. The number of ether oxygens (including phenoxy) is 1. The van der Waals surface area contributed by atoms with Gasteiger partial charge in [0.2, 0.25) is 0 Å². The first-order valence-corrected chi connectivity index (χ1v) is 10.0. The molecular weight excluding hydrogens is 352 g/mol. The molecule has 6 nitrogen and oxygen atoms in total. The summed E-state index contributed by atoms with van der Waals surface area (Å²) in [6, 6.07) is 12.3. The maximum atomic E-state index is 12.8. The normalized spacial score (nSPS) is 24.2. The summed E-state index contributed by atoms with van der Waals surface area (Å²) >= 11 is 0. The number of anilines is 2. The minimum atomic E-state index is -0.0580. The molecule has 0 saturated carbocycles. The lowest BCUT2D eigenvalue weighted by molar-refractivity contribution is -0.00546. The van der Waals surface area contributed by atoms with Gasteiger partial charge in [0.25, 0.3) is 0 Å². The van der Waals surface area contributed by atoms with Crippen molar-refractivity contribution in [1.82, 2.24) is 10.3 Å². The van der Waals surface area contributed by atoms with Crippen molar-refractivity contribution in [3.63, 3.8) is 0 Å². The van der Waals surface area contributed by atoms with Crippen LogP contribution in [0.3, 0.4) is 0 Å². The molecule has 28 heavy (non-hydrogen) atoms. The SMILES string of the molecule is CC1CN(c2ccc(CNC(=O)N3c4ccccc4CC3C)cn2)CC(C)O1. The smallest absolute Gasteiger partial charge is 0.322 e. The second kappa shape index (κ2) is 7.80. The molecule has 2 aromatic rings. The van der Waals surface area contributed by atoms with E-state index in [0.29, 0.717) is 6.54 Å². The van der Waals surface area contributed by atoms with Gasteiger partial charge in [-0.15, -0.1) is 0 Å². The summed E-state index contributed by atoms with van der Waals surface area (Å²) in [7, 11) is 0. The van der Waals surface area contributed by atoms with Crippen molar-refractivity contribution < 1.29 is 9.53 Å². The average molecular weight is 380 g/mol. The monoisotopic (exact) mass is 380 g/mol. The highest BCUT2D eigenvalue weighted by molar-refractivity contribution is 5.94. The highest BCUT2D eigenvalue weighted by atomic mass is 16.5. The number of pyridine rings is 1. The quantitative estimate of drug-likeness (QED) is 0.887. The van der Waals surface area contributed by atoms with Gasteiger partial charge in [-0.3, -0.25) is 4.90 Å². The molecule has 1 N–H and O–H groups in total. The number of carbonyl (C=O) groups excluding carboxylic acids is 1. The third kappa shape index (κ3) is 3.83. The predicted octanol–water partition coefficient (Wildman–Crippen LogP) is 3.36. The van der Waals surface area contributed by atoms with E-state index >= 15 is 0 Å². The summed E-state index contributed by atoms with van der Waals surface area (Å²) in [5, 5.41) is 3.04. The second-order valence-electron chi connectivity index (χ2n) is 7.90. The highest BCUT2D eigenvalue weighted by Gasteiger charge is 2.30. The molecule has 0 aliphatic carbocycles. The lowest BCUT2D eigenvalue weighted by atomic mass is 10.1. The summed E-state index contributed by atoms with van der Waals surface area (Å²) < 4.78 is 5.79. The third-order valence-electron chi connectivity index (χ3n) is 5.42. The molecule has 3 atom stereocenters. The molecule has 2 aliphatic heterocycles. The van der Waals surface area contributed by atoms with Gasteiger partial charge in [-0.2, -0.15) is 0 Å². The van der Waals surface area contributed by atoms with E-state index in [9.17, 15) is 4.79 Å². The maximum Gasteiger partial charge on any atom is 0.322 e. The fraction of sp³-hybridized carbons (Fsp3) is 0.455. The van der Waals surface area contributed by atoms with Crippen LogP contribution >= 0.6 is 0 Å². The number of hydrogen-bond donors (Lipinski definition) is 1. The first kappa shape index (κ1) is 18.7. The molecule has 2 amide bonds. The highest BCUT2D eigenvalue weighted by Crippen LogP contribution is 2.31. The van der Waals surface area contributed by atoms with Gasteiger partial charge in [0.15, 0.2) is 0 Å². The Labute approximate surface area is 166 Å². The van der Waals surface area contributed by atoms with E-state index in [1.807, 2.05) is 41.4 Å². The number of urea groups is 1. The van der Waals surface area contributed by atoms with Crippen LogP contribution in [-0.2, 0) is 17.7 Å². The van der Waals surface area contributed by atoms with Crippen LogP contribution in [0.4, 0.5) is 16.3 Å². The zero-order valence-corrected chi connectivity index (χ0v) is 16.8. The first-order valence-electron chi connectivity index (χ1n) is 10.0. The number of nitrogens with one attached hydrogen (secondary N) is 1. The number of amides is 2. The zero-order chi connectivity index (χ0) is 19.7. The molecule has 2 aliphatic rings. The number of nitrogens with zero attached hydrogens (tertiary/aromatic N) is 3. The number of benzene rings is 1. The molecule has 1 fully saturated rings. The van der Waals surface area contributed by atoms with E-state index < -0.39 is 0 Å². The van der Waals surface area contributed by atoms with Crippen molar-refractivity contribution in [3.8, 4) is 0 Å². The summed E-state index contributed by atoms with van der Waals surface area (Å²) in [5.41, 5.74) is 3.23. The molecule has 1 aromatic heterocycles. The molecule has 3 unspecified atom stereocenters. The first-order chi connectivity index (χ1) is 13.5. The van der Waals surface area contributed by atoms with Crippen molar-refractivity contribution >= 4 is 17.5 Å². The summed E-state index contributed by atoms with van der Waals surface area (Å²) in [5.74, 6) is 0.958. The number of rotatable bonds is 3. The van der Waals surface area contributed by atoms with Crippen molar-refractivity contribution in [1.29, 1.82) is 0 Å². The number of fused-ring (bicyclic) bond motifs is 1. The maximum absolute atomic E-state index is 12.8. The Kier molecular flexibility index (Phi) is 5.22. The Morgan fingerprint density at radius 1 is 1.14 bits per heavy atom. The van der Waals surface area contributed by atoms with Gasteiger partial charge >= 0.3 is 6.03 Å².